The van der Waals surface area contributed by atoms with E-state index in [1.54, 1.807) is 0 Å². The fourth-order valence-corrected chi connectivity index (χ4v) is 3.09. The van der Waals surface area contributed by atoms with Gasteiger partial charge in [-0.05, 0) is 48.3 Å². The van der Waals surface area contributed by atoms with E-state index in [0.29, 0.717) is 0 Å². The quantitative estimate of drug-likeness (QED) is 0.599. The summed E-state index contributed by atoms with van der Waals surface area (Å²) in [5.41, 5.74) is 0.781. The van der Waals surface area contributed by atoms with Crippen LogP contribution in [0.2, 0.25) is 0 Å². The van der Waals surface area contributed by atoms with Crippen LogP contribution >= 0.6 is 0 Å². The van der Waals surface area contributed by atoms with Crippen molar-refractivity contribution in [2.75, 3.05) is 0 Å². The molecule has 0 aromatic rings. The number of rotatable bonds is 3. The molecule has 70 valence electrons. The van der Waals surface area contributed by atoms with E-state index >= 15 is 0 Å². The van der Waals surface area contributed by atoms with Crippen molar-refractivity contribution in [1.82, 2.24) is 0 Å². The van der Waals surface area contributed by atoms with Crippen LogP contribution < -0.4 is 0 Å². The van der Waals surface area contributed by atoms with Crippen LogP contribution in [0.5, 0.6) is 0 Å². The zero-order valence-electron chi connectivity index (χ0n) is 8.93. The molecule has 0 nitrogen and oxygen atoms in total. The second-order valence-electron chi connectivity index (χ2n) is 5.86. The maximum atomic E-state index is 2.52. The van der Waals surface area contributed by atoms with Crippen molar-refractivity contribution in [1.29, 1.82) is 0 Å². The first-order chi connectivity index (χ1) is 5.54. The Morgan fingerprint density at radius 1 is 1.42 bits per heavy atom. The molecule has 2 aliphatic carbocycles. The molecule has 0 N–H and O–H groups in total. The van der Waals surface area contributed by atoms with Crippen LogP contribution in [0.3, 0.4) is 0 Å². The van der Waals surface area contributed by atoms with Gasteiger partial charge in [-0.1, -0.05) is 27.7 Å². The topological polar surface area (TPSA) is 0 Å². The third-order valence-corrected chi connectivity index (χ3v) is 4.17. The third-order valence-electron chi connectivity index (χ3n) is 4.17. The highest BCUT2D eigenvalue weighted by Gasteiger charge is 2.60. The maximum absolute atomic E-state index is 2.52. The molecule has 0 aromatic carbocycles. The van der Waals surface area contributed by atoms with E-state index in [4.69, 9.17) is 0 Å². The van der Waals surface area contributed by atoms with Crippen molar-refractivity contribution in [3.05, 3.63) is 0 Å². The second kappa shape index (κ2) is 2.49. The van der Waals surface area contributed by atoms with Gasteiger partial charge in [0.05, 0.1) is 0 Å². The smallest absolute Gasteiger partial charge is 0.0263 e. The van der Waals surface area contributed by atoms with Crippen LogP contribution in [0, 0.1) is 29.1 Å². The largest absolute Gasteiger partial charge is 0.0628 e. The Bertz CT molecular complexity index is 182. The predicted molar refractivity (Wildman–Crippen MR) is 52.9 cm³/mol. The molecule has 0 aliphatic heterocycles. The van der Waals surface area contributed by atoms with Crippen molar-refractivity contribution in [2.45, 2.75) is 47.0 Å². The van der Waals surface area contributed by atoms with E-state index in [9.17, 15) is 0 Å². The molecule has 12 heavy (non-hydrogen) atoms. The Morgan fingerprint density at radius 2 is 2.00 bits per heavy atom. The molecule has 4 unspecified atom stereocenters. The molecule has 0 saturated heterocycles. The lowest BCUT2D eigenvalue weighted by Crippen LogP contribution is -2.04. The van der Waals surface area contributed by atoms with Crippen LogP contribution in [0.15, 0.2) is 0 Å². The Labute approximate surface area is 76.7 Å². The average Bonchev–Trinajstić information content (AvgIpc) is 2.75. The maximum Gasteiger partial charge on any atom is -0.0263 e. The molecule has 0 heteroatoms. The second-order valence-corrected chi connectivity index (χ2v) is 5.86. The van der Waals surface area contributed by atoms with E-state index < -0.39 is 0 Å². The van der Waals surface area contributed by atoms with E-state index in [-0.39, 0.29) is 0 Å². The van der Waals surface area contributed by atoms with Crippen LogP contribution in [0.25, 0.3) is 0 Å². The van der Waals surface area contributed by atoms with Gasteiger partial charge >= 0.3 is 0 Å². The van der Waals surface area contributed by atoms with Crippen LogP contribution in [0.4, 0.5) is 0 Å². The Balaban J connectivity index is 1.84. The highest BCUT2D eigenvalue weighted by atomic mass is 14.7. The molecule has 4 atom stereocenters. The van der Waals surface area contributed by atoms with Crippen molar-refractivity contribution in [2.24, 2.45) is 29.1 Å². The molecule has 0 bridgehead atoms. The fourth-order valence-electron chi connectivity index (χ4n) is 3.09. The van der Waals surface area contributed by atoms with Crippen molar-refractivity contribution < 1.29 is 0 Å². The van der Waals surface area contributed by atoms with Gasteiger partial charge in [-0.15, -0.1) is 0 Å². The monoisotopic (exact) mass is 166 g/mol. The lowest BCUT2D eigenvalue weighted by molar-refractivity contribution is 0.379. The zero-order chi connectivity index (χ0) is 8.93. The average molecular weight is 166 g/mol. The van der Waals surface area contributed by atoms with Gasteiger partial charge in [0.25, 0.3) is 0 Å². The first kappa shape index (κ1) is 8.59. The lowest BCUT2D eigenvalue weighted by atomic mass is 9.94. The van der Waals surface area contributed by atoms with E-state index in [1.807, 2.05) is 0 Å². The van der Waals surface area contributed by atoms with Gasteiger partial charge in [-0.25, -0.2) is 0 Å². The Hall–Kier alpha value is 0. The third kappa shape index (κ3) is 1.30. The summed E-state index contributed by atoms with van der Waals surface area (Å²) in [6.07, 6.45) is 4.52. The Kier molecular flexibility index (Phi) is 1.79. The van der Waals surface area contributed by atoms with Crippen LogP contribution in [-0.2, 0) is 0 Å². The summed E-state index contributed by atoms with van der Waals surface area (Å²) in [6, 6.07) is 0. The first-order valence-electron chi connectivity index (χ1n) is 5.54. The summed E-state index contributed by atoms with van der Waals surface area (Å²) in [4.78, 5) is 0. The summed E-state index contributed by atoms with van der Waals surface area (Å²) in [6.45, 7) is 9.65. The van der Waals surface area contributed by atoms with Gasteiger partial charge in [-0.3, -0.25) is 0 Å². The molecule has 0 amide bonds. The van der Waals surface area contributed by atoms with Crippen molar-refractivity contribution >= 4 is 0 Å². The minimum absolute atomic E-state index is 0.781. The van der Waals surface area contributed by atoms with Gasteiger partial charge < -0.3 is 0 Å². The molecule has 0 heterocycles. The molecule has 2 saturated carbocycles. The molecule has 0 aromatic heterocycles. The van der Waals surface area contributed by atoms with E-state index in [1.165, 1.54) is 19.3 Å². The van der Waals surface area contributed by atoms with Crippen molar-refractivity contribution in [3.8, 4) is 0 Å². The van der Waals surface area contributed by atoms with Crippen LogP contribution in [-0.4, -0.2) is 0 Å². The predicted octanol–water partition coefficient (Wildman–Crippen LogP) is 3.71. The lowest BCUT2D eigenvalue weighted by Gasteiger charge is -2.11. The highest BCUT2D eigenvalue weighted by Crippen LogP contribution is 2.68. The van der Waals surface area contributed by atoms with Gasteiger partial charge in [0.15, 0.2) is 0 Å². The van der Waals surface area contributed by atoms with Gasteiger partial charge in [0.1, 0.15) is 0 Å². The SMILES string of the molecule is CC(C)CC1CC1(C)C1CC1C. The summed E-state index contributed by atoms with van der Waals surface area (Å²) in [7, 11) is 0. The number of hydrogen-bond donors (Lipinski definition) is 0. The molecule has 2 rings (SSSR count). The van der Waals surface area contributed by atoms with Crippen LogP contribution in [0.1, 0.15) is 47.0 Å². The first-order valence-corrected chi connectivity index (χ1v) is 5.54. The van der Waals surface area contributed by atoms with Gasteiger partial charge in [-0.2, -0.15) is 0 Å². The van der Waals surface area contributed by atoms with E-state index in [0.717, 1.165) is 29.1 Å². The zero-order valence-corrected chi connectivity index (χ0v) is 8.93. The summed E-state index contributed by atoms with van der Waals surface area (Å²) >= 11 is 0. The minimum atomic E-state index is 0.781. The summed E-state index contributed by atoms with van der Waals surface area (Å²) < 4.78 is 0. The molecule has 0 radical (unpaired) electrons. The standard InChI is InChI=1S/C12H22/c1-8(2)5-10-7-12(10,4)11-6-9(11)3/h8-11H,5-7H2,1-4H3. The minimum Gasteiger partial charge on any atom is -0.0628 e. The van der Waals surface area contributed by atoms with Crippen molar-refractivity contribution in [3.63, 3.8) is 0 Å². The number of hydrogen-bond acceptors (Lipinski definition) is 0. The highest BCUT2D eigenvalue weighted by molar-refractivity contribution is 5.09. The van der Waals surface area contributed by atoms with Gasteiger partial charge in [0.2, 0.25) is 0 Å². The fraction of sp³-hybridized carbons (Fsp3) is 1.00. The summed E-state index contributed by atoms with van der Waals surface area (Å²) in [5, 5.41) is 0. The molecule has 2 aliphatic rings. The summed E-state index contributed by atoms with van der Waals surface area (Å²) in [5.74, 6) is 4.13. The molecule has 0 spiro atoms. The van der Waals surface area contributed by atoms with E-state index in [2.05, 4.69) is 27.7 Å². The molecular weight excluding hydrogens is 144 g/mol. The Morgan fingerprint density at radius 3 is 2.42 bits per heavy atom. The molecular formula is C12H22. The van der Waals surface area contributed by atoms with Gasteiger partial charge in [0, 0.05) is 0 Å². The normalized spacial score (nSPS) is 51.2. The molecule has 2 fully saturated rings.